The number of rotatable bonds is 5. The Morgan fingerprint density at radius 2 is 2.33 bits per heavy atom. The van der Waals surface area contributed by atoms with E-state index in [0.29, 0.717) is 5.15 Å². The molecule has 1 aromatic rings. The Balaban J connectivity index is 1.98. The van der Waals surface area contributed by atoms with Crippen LogP contribution in [0.5, 0.6) is 0 Å². The van der Waals surface area contributed by atoms with Crippen molar-refractivity contribution >= 4 is 11.6 Å². The lowest BCUT2D eigenvalue weighted by molar-refractivity contribution is 0.255. The number of nitrogens with zero attached hydrogens (tertiary/aromatic N) is 2. The lowest BCUT2D eigenvalue weighted by Crippen LogP contribution is -2.26. The molecule has 0 bridgehead atoms. The molecule has 2 rings (SSSR count). The molecule has 1 fully saturated rings. The zero-order chi connectivity index (χ0) is 10.7. The molecular formula is C12H17ClN2. The van der Waals surface area contributed by atoms with Crippen molar-refractivity contribution in [2.45, 2.75) is 38.8 Å². The predicted molar refractivity (Wildman–Crippen MR) is 63.0 cm³/mol. The Morgan fingerprint density at radius 1 is 1.53 bits per heavy atom. The van der Waals surface area contributed by atoms with Crippen LogP contribution in [0.3, 0.4) is 0 Å². The first kappa shape index (κ1) is 10.9. The first-order valence-electron chi connectivity index (χ1n) is 5.64. The Kier molecular flexibility index (Phi) is 3.60. The molecule has 0 aromatic carbocycles. The minimum absolute atomic E-state index is 0.597. The van der Waals surface area contributed by atoms with Gasteiger partial charge in [-0.15, -0.1) is 0 Å². The zero-order valence-electron chi connectivity index (χ0n) is 9.12. The summed E-state index contributed by atoms with van der Waals surface area (Å²) in [4.78, 5) is 6.55. The van der Waals surface area contributed by atoms with Crippen LogP contribution in [0.4, 0.5) is 0 Å². The van der Waals surface area contributed by atoms with Gasteiger partial charge in [-0.25, -0.2) is 4.98 Å². The van der Waals surface area contributed by atoms with E-state index in [-0.39, 0.29) is 0 Å². The zero-order valence-corrected chi connectivity index (χ0v) is 9.87. The summed E-state index contributed by atoms with van der Waals surface area (Å²) in [6.45, 7) is 4.43. The summed E-state index contributed by atoms with van der Waals surface area (Å²) < 4.78 is 0. The molecule has 1 aliphatic carbocycles. The van der Waals surface area contributed by atoms with Crippen LogP contribution in [0.25, 0.3) is 0 Å². The minimum Gasteiger partial charge on any atom is -0.296 e. The van der Waals surface area contributed by atoms with Crippen LogP contribution in [0.2, 0.25) is 5.15 Å². The lowest BCUT2D eigenvalue weighted by Gasteiger charge is -2.21. The average Bonchev–Trinajstić information content (AvgIpc) is 3.00. The summed E-state index contributed by atoms with van der Waals surface area (Å²) in [5, 5.41) is 0.597. The van der Waals surface area contributed by atoms with Crippen LogP contribution < -0.4 is 0 Å². The van der Waals surface area contributed by atoms with Crippen molar-refractivity contribution in [2.24, 2.45) is 0 Å². The second-order valence-corrected chi connectivity index (χ2v) is 4.58. The van der Waals surface area contributed by atoms with E-state index in [0.717, 1.165) is 12.6 Å². The summed E-state index contributed by atoms with van der Waals surface area (Å²) in [5.74, 6) is 0. The van der Waals surface area contributed by atoms with E-state index in [2.05, 4.69) is 22.9 Å². The summed E-state index contributed by atoms with van der Waals surface area (Å²) >= 11 is 5.87. The smallest absolute Gasteiger partial charge is 0.129 e. The molecule has 0 spiro atoms. The van der Waals surface area contributed by atoms with Crippen molar-refractivity contribution in [1.82, 2.24) is 9.88 Å². The van der Waals surface area contributed by atoms with Gasteiger partial charge in [0.25, 0.3) is 0 Å². The maximum atomic E-state index is 5.87. The van der Waals surface area contributed by atoms with E-state index in [9.17, 15) is 0 Å². The topological polar surface area (TPSA) is 16.1 Å². The lowest BCUT2D eigenvalue weighted by atomic mass is 10.2. The molecule has 0 aliphatic heterocycles. The highest BCUT2D eigenvalue weighted by atomic mass is 35.5. The molecular weight excluding hydrogens is 208 g/mol. The van der Waals surface area contributed by atoms with Crippen LogP contribution >= 0.6 is 11.6 Å². The standard InChI is InChI=1S/C12H17ClN2/c1-2-7-15(11-3-4-11)9-10-5-6-14-12(13)8-10/h5-6,8,11H,2-4,7,9H2,1H3. The van der Waals surface area contributed by atoms with Gasteiger partial charge in [0, 0.05) is 18.8 Å². The molecule has 1 aromatic heterocycles. The second kappa shape index (κ2) is 4.95. The molecule has 15 heavy (non-hydrogen) atoms. The summed E-state index contributed by atoms with van der Waals surface area (Å²) in [6, 6.07) is 4.83. The fraction of sp³-hybridized carbons (Fsp3) is 0.583. The first-order valence-corrected chi connectivity index (χ1v) is 6.02. The van der Waals surface area contributed by atoms with E-state index in [4.69, 9.17) is 11.6 Å². The van der Waals surface area contributed by atoms with E-state index in [1.807, 2.05) is 6.07 Å². The number of pyridine rings is 1. The molecule has 0 N–H and O–H groups in total. The van der Waals surface area contributed by atoms with Crippen molar-refractivity contribution < 1.29 is 0 Å². The monoisotopic (exact) mass is 224 g/mol. The Morgan fingerprint density at radius 3 is 2.93 bits per heavy atom. The van der Waals surface area contributed by atoms with Gasteiger partial charge in [0.05, 0.1) is 0 Å². The van der Waals surface area contributed by atoms with Crippen molar-refractivity contribution in [3.05, 3.63) is 29.0 Å². The average molecular weight is 225 g/mol. The fourth-order valence-corrected chi connectivity index (χ4v) is 2.09. The molecule has 1 saturated carbocycles. The summed E-state index contributed by atoms with van der Waals surface area (Å²) in [6.07, 6.45) is 5.72. The molecule has 1 aliphatic rings. The predicted octanol–water partition coefficient (Wildman–Crippen LogP) is 3.11. The van der Waals surface area contributed by atoms with E-state index in [1.165, 1.54) is 31.4 Å². The first-order chi connectivity index (χ1) is 7.29. The Bertz CT molecular complexity index is 323. The van der Waals surface area contributed by atoms with Crippen LogP contribution in [0.1, 0.15) is 31.7 Å². The van der Waals surface area contributed by atoms with Crippen molar-refractivity contribution in [1.29, 1.82) is 0 Å². The Hall–Kier alpha value is -0.600. The maximum Gasteiger partial charge on any atom is 0.129 e. The molecule has 0 unspecified atom stereocenters. The third-order valence-corrected chi connectivity index (χ3v) is 2.96. The number of hydrogen-bond donors (Lipinski definition) is 0. The fourth-order valence-electron chi connectivity index (χ4n) is 1.89. The highest BCUT2D eigenvalue weighted by Crippen LogP contribution is 2.28. The quantitative estimate of drug-likeness (QED) is 0.715. The maximum absolute atomic E-state index is 5.87. The third kappa shape index (κ3) is 3.18. The van der Waals surface area contributed by atoms with Gasteiger partial charge in [-0.1, -0.05) is 18.5 Å². The molecule has 0 amide bonds. The van der Waals surface area contributed by atoms with Crippen molar-refractivity contribution in [3.8, 4) is 0 Å². The van der Waals surface area contributed by atoms with Gasteiger partial charge >= 0.3 is 0 Å². The van der Waals surface area contributed by atoms with Gasteiger partial charge in [-0.05, 0) is 43.5 Å². The van der Waals surface area contributed by atoms with E-state index in [1.54, 1.807) is 6.20 Å². The highest BCUT2D eigenvalue weighted by molar-refractivity contribution is 6.29. The largest absolute Gasteiger partial charge is 0.296 e. The van der Waals surface area contributed by atoms with Crippen molar-refractivity contribution in [3.63, 3.8) is 0 Å². The molecule has 1 heterocycles. The molecule has 0 atom stereocenters. The number of hydrogen-bond acceptors (Lipinski definition) is 2. The normalized spacial score (nSPS) is 15.9. The van der Waals surface area contributed by atoms with Gasteiger partial charge in [-0.3, -0.25) is 4.90 Å². The summed E-state index contributed by atoms with van der Waals surface area (Å²) in [5.41, 5.74) is 1.27. The third-order valence-electron chi connectivity index (χ3n) is 2.75. The van der Waals surface area contributed by atoms with Gasteiger partial charge in [0.1, 0.15) is 5.15 Å². The van der Waals surface area contributed by atoms with Gasteiger partial charge in [0.15, 0.2) is 0 Å². The molecule has 0 saturated heterocycles. The SMILES string of the molecule is CCCN(Cc1ccnc(Cl)c1)C1CC1. The second-order valence-electron chi connectivity index (χ2n) is 4.19. The van der Waals surface area contributed by atoms with Crippen LogP contribution in [-0.2, 0) is 6.54 Å². The van der Waals surface area contributed by atoms with Gasteiger partial charge < -0.3 is 0 Å². The molecule has 2 nitrogen and oxygen atoms in total. The van der Waals surface area contributed by atoms with Gasteiger partial charge in [0.2, 0.25) is 0 Å². The van der Waals surface area contributed by atoms with Crippen molar-refractivity contribution in [2.75, 3.05) is 6.54 Å². The molecule has 82 valence electrons. The van der Waals surface area contributed by atoms with Crippen LogP contribution in [0.15, 0.2) is 18.3 Å². The molecule has 0 radical (unpaired) electrons. The number of halogens is 1. The summed E-state index contributed by atoms with van der Waals surface area (Å²) in [7, 11) is 0. The van der Waals surface area contributed by atoms with E-state index < -0.39 is 0 Å². The van der Waals surface area contributed by atoms with Crippen LogP contribution in [0, 0.1) is 0 Å². The van der Waals surface area contributed by atoms with Gasteiger partial charge in [-0.2, -0.15) is 0 Å². The van der Waals surface area contributed by atoms with E-state index >= 15 is 0 Å². The minimum atomic E-state index is 0.597. The Labute approximate surface area is 96.3 Å². The molecule has 3 heteroatoms. The number of aromatic nitrogens is 1. The van der Waals surface area contributed by atoms with Crippen LogP contribution in [-0.4, -0.2) is 22.5 Å². The highest BCUT2D eigenvalue weighted by Gasteiger charge is 2.28.